The van der Waals surface area contributed by atoms with Gasteiger partial charge in [-0.15, -0.1) is 0 Å². The first kappa shape index (κ1) is 10.7. The third-order valence-electron chi connectivity index (χ3n) is 2.26. The predicted octanol–water partition coefficient (Wildman–Crippen LogP) is 0.861. The molecule has 6 nitrogen and oxygen atoms in total. The fraction of sp³-hybridized carbons (Fsp3) is 0.500. The van der Waals surface area contributed by atoms with Crippen LogP contribution in [0.25, 0.3) is 0 Å². The van der Waals surface area contributed by atoms with E-state index in [4.69, 9.17) is 4.74 Å². The van der Waals surface area contributed by atoms with Crippen LogP contribution in [0, 0.1) is 0 Å². The van der Waals surface area contributed by atoms with Gasteiger partial charge in [-0.3, -0.25) is 9.88 Å². The number of carbonyl (C=O) groups is 1. The average molecular weight is 222 g/mol. The van der Waals surface area contributed by atoms with Crippen molar-refractivity contribution >= 4 is 11.9 Å². The molecule has 2 heterocycles. The number of anilines is 1. The number of hydrogen-bond donors (Lipinski definition) is 1. The molecular weight excluding hydrogens is 208 g/mol. The lowest BCUT2D eigenvalue weighted by molar-refractivity contribution is 0.157. The van der Waals surface area contributed by atoms with E-state index in [1.165, 1.54) is 0 Å². The van der Waals surface area contributed by atoms with E-state index in [1.807, 2.05) is 6.92 Å². The quantitative estimate of drug-likeness (QED) is 0.818. The molecule has 6 heteroatoms. The van der Waals surface area contributed by atoms with Crippen molar-refractivity contribution in [3.8, 4) is 0 Å². The Bertz CT molecular complexity index is 366. The molecule has 0 aliphatic carbocycles. The first-order valence-electron chi connectivity index (χ1n) is 5.26. The number of nitrogens with one attached hydrogen (secondary N) is 1. The van der Waals surface area contributed by atoms with Gasteiger partial charge >= 0.3 is 6.09 Å². The molecule has 1 amide bonds. The van der Waals surface area contributed by atoms with Crippen molar-refractivity contribution in [2.75, 3.05) is 25.0 Å². The predicted molar refractivity (Wildman–Crippen MR) is 58.0 cm³/mol. The van der Waals surface area contributed by atoms with Gasteiger partial charge < -0.3 is 10.1 Å². The molecule has 0 unspecified atom stereocenters. The maximum absolute atomic E-state index is 11.2. The molecule has 1 saturated heterocycles. The van der Waals surface area contributed by atoms with Crippen LogP contribution >= 0.6 is 0 Å². The fourth-order valence-electron chi connectivity index (χ4n) is 1.47. The van der Waals surface area contributed by atoms with Crippen LogP contribution in [0.15, 0.2) is 12.4 Å². The van der Waals surface area contributed by atoms with Gasteiger partial charge in [0.2, 0.25) is 0 Å². The number of ether oxygens (including phenoxy) is 1. The van der Waals surface area contributed by atoms with Gasteiger partial charge in [-0.1, -0.05) is 0 Å². The second-order valence-corrected chi connectivity index (χ2v) is 3.46. The third kappa shape index (κ3) is 2.39. The van der Waals surface area contributed by atoms with Gasteiger partial charge in [-0.05, 0) is 6.92 Å². The SMILES string of the molecule is CCNc1cnc(CN2CCOC2=O)cn1. The molecule has 1 aliphatic rings. The third-order valence-corrected chi connectivity index (χ3v) is 2.26. The van der Waals surface area contributed by atoms with Crippen LogP contribution in [0.5, 0.6) is 0 Å². The minimum absolute atomic E-state index is 0.280. The molecular formula is C10H14N4O2. The number of rotatable bonds is 4. The summed E-state index contributed by atoms with van der Waals surface area (Å²) in [4.78, 5) is 21.2. The molecule has 1 aromatic heterocycles. The van der Waals surface area contributed by atoms with Gasteiger partial charge in [0.1, 0.15) is 12.4 Å². The molecule has 86 valence electrons. The number of carbonyl (C=O) groups excluding carboxylic acids is 1. The maximum atomic E-state index is 11.2. The van der Waals surface area contributed by atoms with E-state index in [1.54, 1.807) is 17.3 Å². The Labute approximate surface area is 93.6 Å². The second-order valence-electron chi connectivity index (χ2n) is 3.46. The summed E-state index contributed by atoms with van der Waals surface area (Å²) < 4.78 is 4.83. The zero-order valence-electron chi connectivity index (χ0n) is 9.14. The molecule has 1 fully saturated rings. The molecule has 16 heavy (non-hydrogen) atoms. The molecule has 0 radical (unpaired) electrons. The number of amides is 1. The van der Waals surface area contributed by atoms with E-state index in [0.29, 0.717) is 19.7 Å². The monoisotopic (exact) mass is 222 g/mol. The van der Waals surface area contributed by atoms with Crippen LogP contribution in [-0.4, -0.2) is 40.7 Å². The first-order chi connectivity index (χ1) is 7.79. The van der Waals surface area contributed by atoms with Crippen LogP contribution in [0.1, 0.15) is 12.6 Å². The topological polar surface area (TPSA) is 67.3 Å². The van der Waals surface area contributed by atoms with E-state index in [9.17, 15) is 4.79 Å². The summed E-state index contributed by atoms with van der Waals surface area (Å²) in [5, 5.41) is 3.06. The maximum Gasteiger partial charge on any atom is 0.410 e. The molecule has 1 aromatic rings. The summed E-state index contributed by atoms with van der Waals surface area (Å²) in [5.41, 5.74) is 0.764. The Balaban J connectivity index is 1.96. The summed E-state index contributed by atoms with van der Waals surface area (Å²) in [7, 11) is 0. The van der Waals surface area contributed by atoms with Crippen LogP contribution in [-0.2, 0) is 11.3 Å². The van der Waals surface area contributed by atoms with Gasteiger partial charge in [-0.2, -0.15) is 0 Å². The zero-order valence-corrected chi connectivity index (χ0v) is 9.14. The minimum atomic E-state index is -0.280. The van der Waals surface area contributed by atoms with Gasteiger partial charge in [0.05, 0.1) is 31.2 Å². The lowest BCUT2D eigenvalue weighted by Gasteiger charge is -2.11. The number of nitrogens with zero attached hydrogens (tertiary/aromatic N) is 3. The zero-order chi connectivity index (χ0) is 11.4. The Hall–Kier alpha value is -1.85. The standard InChI is InChI=1S/C10H14N4O2/c1-2-11-9-6-12-8(5-13-9)7-14-3-4-16-10(14)15/h5-6H,2-4,7H2,1H3,(H,11,13). The Kier molecular flexibility index (Phi) is 3.19. The number of cyclic esters (lactones) is 1. The van der Waals surface area contributed by atoms with Gasteiger partial charge in [0.15, 0.2) is 0 Å². The van der Waals surface area contributed by atoms with Crippen molar-refractivity contribution in [1.82, 2.24) is 14.9 Å². The highest BCUT2D eigenvalue weighted by Crippen LogP contribution is 2.09. The van der Waals surface area contributed by atoms with Crippen LogP contribution < -0.4 is 5.32 Å². The van der Waals surface area contributed by atoms with Crippen molar-refractivity contribution in [3.05, 3.63) is 18.1 Å². The Morgan fingerprint density at radius 2 is 2.38 bits per heavy atom. The summed E-state index contributed by atoms with van der Waals surface area (Å²) in [6.45, 7) is 4.34. The normalized spacial score (nSPS) is 15.1. The van der Waals surface area contributed by atoms with E-state index >= 15 is 0 Å². The van der Waals surface area contributed by atoms with Crippen molar-refractivity contribution < 1.29 is 9.53 Å². The van der Waals surface area contributed by atoms with E-state index < -0.39 is 0 Å². The van der Waals surface area contributed by atoms with Crippen LogP contribution in [0.3, 0.4) is 0 Å². The Morgan fingerprint density at radius 1 is 1.50 bits per heavy atom. The van der Waals surface area contributed by atoms with Crippen LogP contribution in [0.4, 0.5) is 10.6 Å². The average Bonchev–Trinajstić information content (AvgIpc) is 2.68. The number of hydrogen-bond acceptors (Lipinski definition) is 5. The van der Waals surface area contributed by atoms with Crippen LogP contribution in [0.2, 0.25) is 0 Å². The molecule has 0 aromatic carbocycles. The van der Waals surface area contributed by atoms with Gasteiger partial charge in [-0.25, -0.2) is 9.78 Å². The molecule has 0 atom stereocenters. The molecule has 0 spiro atoms. The summed E-state index contributed by atoms with van der Waals surface area (Å²) >= 11 is 0. The highest BCUT2D eigenvalue weighted by molar-refractivity contribution is 5.69. The summed E-state index contributed by atoms with van der Waals surface area (Å²) in [6, 6.07) is 0. The highest BCUT2D eigenvalue weighted by Gasteiger charge is 2.22. The van der Waals surface area contributed by atoms with Crippen molar-refractivity contribution in [2.45, 2.75) is 13.5 Å². The van der Waals surface area contributed by atoms with Crippen molar-refractivity contribution in [1.29, 1.82) is 0 Å². The van der Waals surface area contributed by atoms with E-state index in [-0.39, 0.29) is 6.09 Å². The lowest BCUT2D eigenvalue weighted by Crippen LogP contribution is -2.24. The van der Waals surface area contributed by atoms with Gasteiger partial charge in [0.25, 0.3) is 0 Å². The fourth-order valence-corrected chi connectivity index (χ4v) is 1.47. The highest BCUT2D eigenvalue weighted by atomic mass is 16.6. The molecule has 0 bridgehead atoms. The largest absolute Gasteiger partial charge is 0.448 e. The van der Waals surface area contributed by atoms with Crippen molar-refractivity contribution in [3.63, 3.8) is 0 Å². The molecule has 1 N–H and O–H groups in total. The van der Waals surface area contributed by atoms with Crippen molar-refractivity contribution in [2.24, 2.45) is 0 Å². The summed E-state index contributed by atoms with van der Waals surface area (Å²) in [5.74, 6) is 0.746. The molecule has 2 rings (SSSR count). The minimum Gasteiger partial charge on any atom is -0.448 e. The second kappa shape index (κ2) is 4.78. The van der Waals surface area contributed by atoms with Gasteiger partial charge in [0, 0.05) is 6.54 Å². The smallest absolute Gasteiger partial charge is 0.410 e. The molecule has 1 aliphatic heterocycles. The lowest BCUT2D eigenvalue weighted by atomic mass is 10.4. The summed E-state index contributed by atoms with van der Waals surface area (Å²) in [6.07, 6.45) is 3.06. The van der Waals surface area contributed by atoms with E-state index in [0.717, 1.165) is 18.1 Å². The molecule has 0 saturated carbocycles. The Morgan fingerprint density at radius 3 is 2.94 bits per heavy atom. The first-order valence-corrected chi connectivity index (χ1v) is 5.26. The van der Waals surface area contributed by atoms with E-state index in [2.05, 4.69) is 15.3 Å². The number of aromatic nitrogens is 2.